The fourth-order valence-corrected chi connectivity index (χ4v) is 4.65. The van der Waals surface area contributed by atoms with Crippen molar-refractivity contribution in [1.82, 2.24) is 35.0 Å². The third-order valence-electron chi connectivity index (χ3n) is 6.81. The first kappa shape index (κ1) is 22.2. The lowest BCUT2D eigenvalue weighted by molar-refractivity contribution is 0.313. The maximum Gasteiger partial charge on any atom is 0.135 e. The molecule has 36 heavy (non-hydrogen) atoms. The average molecular weight is 480 g/mol. The molecular formula is C27H29N9. The van der Waals surface area contributed by atoms with Gasteiger partial charge in [-0.15, -0.1) is 0 Å². The van der Waals surface area contributed by atoms with E-state index in [0.29, 0.717) is 0 Å². The molecular weight excluding hydrogens is 450 g/mol. The van der Waals surface area contributed by atoms with Crippen molar-refractivity contribution in [3.63, 3.8) is 0 Å². The first-order valence-electron chi connectivity index (χ1n) is 12.2. The summed E-state index contributed by atoms with van der Waals surface area (Å²) in [5.41, 5.74) is 9.14. The van der Waals surface area contributed by atoms with Gasteiger partial charge in [-0.1, -0.05) is 13.5 Å². The Morgan fingerprint density at radius 2 is 1.86 bits per heavy atom. The summed E-state index contributed by atoms with van der Waals surface area (Å²) in [6.07, 6.45) is 8.31. The van der Waals surface area contributed by atoms with Crippen molar-refractivity contribution < 1.29 is 0 Å². The molecule has 0 aromatic carbocycles. The summed E-state index contributed by atoms with van der Waals surface area (Å²) in [6.45, 7) is 10.2. The van der Waals surface area contributed by atoms with E-state index >= 15 is 0 Å². The van der Waals surface area contributed by atoms with Gasteiger partial charge in [-0.2, -0.15) is 5.10 Å². The van der Waals surface area contributed by atoms with E-state index in [9.17, 15) is 0 Å². The van der Waals surface area contributed by atoms with Crippen LogP contribution in [0.5, 0.6) is 0 Å². The molecule has 0 saturated carbocycles. The SMILES string of the molecule is C=C(CC)Nc1cncc(-c2ccc3[nH]nc(-c4cc5c(N6CCN(C)CC6)cncc5[nH]4)c3n2)c1. The van der Waals surface area contributed by atoms with Gasteiger partial charge in [0.1, 0.15) is 11.2 Å². The summed E-state index contributed by atoms with van der Waals surface area (Å²) in [6, 6.07) is 8.20. The highest BCUT2D eigenvalue weighted by Gasteiger charge is 2.20. The third-order valence-corrected chi connectivity index (χ3v) is 6.81. The predicted molar refractivity (Wildman–Crippen MR) is 145 cm³/mol. The molecule has 0 atom stereocenters. The molecule has 6 heterocycles. The number of rotatable bonds is 6. The van der Waals surface area contributed by atoms with Crippen LogP contribution in [-0.2, 0) is 0 Å². The second-order valence-corrected chi connectivity index (χ2v) is 9.30. The summed E-state index contributed by atoms with van der Waals surface area (Å²) < 4.78 is 0. The number of hydrogen-bond acceptors (Lipinski definition) is 7. The normalized spacial score (nSPS) is 14.6. The third kappa shape index (κ3) is 4.07. The minimum Gasteiger partial charge on any atom is -0.367 e. The largest absolute Gasteiger partial charge is 0.367 e. The fourth-order valence-electron chi connectivity index (χ4n) is 4.65. The minimum atomic E-state index is 0.786. The van der Waals surface area contributed by atoms with Crippen molar-refractivity contribution in [2.45, 2.75) is 13.3 Å². The van der Waals surface area contributed by atoms with Gasteiger partial charge in [0.05, 0.1) is 52.4 Å². The van der Waals surface area contributed by atoms with Gasteiger partial charge in [-0.05, 0) is 37.7 Å². The number of aromatic nitrogens is 6. The minimum absolute atomic E-state index is 0.786. The standard InChI is InChI=1S/C27H29N9/c1-4-17(2)30-19-11-18(13-28-14-19)21-5-6-22-26(32-21)27(34-33-22)23-12-20-24(31-23)15-29-16-25(20)36-9-7-35(3)8-10-36/h5-6,11-16,30-31H,2,4,7-10H2,1,3H3,(H,33,34). The molecule has 0 spiro atoms. The van der Waals surface area contributed by atoms with Crippen LogP contribution in [0.4, 0.5) is 11.4 Å². The second-order valence-electron chi connectivity index (χ2n) is 9.30. The highest BCUT2D eigenvalue weighted by molar-refractivity contribution is 5.98. The molecule has 1 aliphatic rings. The summed E-state index contributed by atoms with van der Waals surface area (Å²) >= 11 is 0. The van der Waals surface area contributed by atoms with Gasteiger partial charge in [0.15, 0.2) is 0 Å². The van der Waals surface area contributed by atoms with Gasteiger partial charge in [-0.3, -0.25) is 15.1 Å². The molecule has 1 saturated heterocycles. The molecule has 5 aromatic heterocycles. The first-order chi connectivity index (χ1) is 17.6. The van der Waals surface area contributed by atoms with Crippen molar-refractivity contribution in [2.75, 3.05) is 43.4 Å². The van der Waals surface area contributed by atoms with E-state index in [0.717, 1.165) is 94.3 Å². The van der Waals surface area contributed by atoms with Crippen molar-refractivity contribution in [3.05, 3.63) is 61.3 Å². The molecule has 3 N–H and O–H groups in total. The number of likely N-dealkylation sites (N-methyl/N-ethyl adjacent to an activating group) is 1. The van der Waals surface area contributed by atoms with E-state index in [1.54, 1.807) is 6.20 Å². The number of H-pyrrole nitrogens is 2. The maximum atomic E-state index is 4.98. The summed E-state index contributed by atoms with van der Waals surface area (Å²) in [7, 11) is 2.17. The molecule has 0 unspecified atom stereocenters. The zero-order valence-electron chi connectivity index (χ0n) is 20.5. The van der Waals surface area contributed by atoms with Crippen LogP contribution in [0, 0.1) is 0 Å². The maximum absolute atomic E-state index is 4.98. The number of allylic oxidation sites excluding steroid dienone is 1. The van der Waals surface area contributed by atoms with Gasteiger partial charge in [0.2, 0.25) is 0 Å². The number of piperazine rings is 1. The number of anilines is 2. The van der Waals surface area contributed by atoms with Gasteiger partial charge in [0.25, 0.3) is 0 Å². The zero-order valence-corrected chi connectivity index (χ0v) is 20.5. The molecule has 9 nitrogen and oxygen atoms in total. The Morgan fingerprint density at radius 1 is 1.03 bits per heavy atom. The summed E-state index contributed by atoms with van der Waals surface area (Å²) in [4.78, 5) is 22.2. The number of aromatic amines is 2. The van der Waals surface area contributed by atoms with Gasteiger partial charge in [0, 0.05) is 49.0 Å². The van der Waals surface area contributed by atoms with Crippen LogP contribution < -0.4 is 10.2 Å². The summed E-state index contributed by atoms with van der Waals surface area (Å²) in [5, 5.41) is 12.2. The van der Waals surface area contributed by atoms with E-state index in [4.69, 9.17) is 4.98 Å². The second kappa shape index (κ2) is 9.09. The van der Waals surface area contributed by atoms with Gasteiger partial charge >= 0.3 is 0 Å². The Morgan fingerprint density at radius 3 is 2.69 bits per heavy atom. The molecule has 1 aliphatic heterocycles. The number of nitrogens with one attached hydrogen (secondary N) is 3. The monoisotopic (exact) mass is 479 g/mol. The summed E-state index contributed by atoms with van der Waals surface area (Å²) in [5.74, 6) is 0. The van der Waals surface area contributed by atoms with Crippen molar-refractivity contribution in [2.24, 2.45) is 0 Å². The molecule has 5 aromatic rings. The lowest BCUT2D eigenvalue weighted by Crippen LogP contribution is -2.44. The topological polar surface area (TPSA) is 102 Å². The Labute approximate surface area is 209 Å². The molecule has 1 fully saturated rings. The van der Waals surface area contributed by atoms with E-state index in [-0.39, 0.29) is 0 Å². The van der Waals surface area contributed by atoms with Crippen molar-refractivity contribution >= 4 is 33.3 Å². The lowest BCUT2D eigenvalue weighted by Gasteiger charge is -2.34. The van der Waals surface area contributed by atoms with Crippen molar-refractivity contribution in [1.29, 1.82) is 0 Å². The van der Waals surface area contributed by atoms with Crippen LogP contribution in [0.3, 0.4) is 0 Å². The fraction of sp³-hybridized carbons (Fsp3) is 0.259. The van der Waals surface area contributed by atoms with Crippen molar-refractivity contribution in [3.8, 4) is 22.6 Å². The van der Waals surface area contributed by atoms with Crippen LogP contribution in [0.1, 0.15) is 13.3 Å². The Bertz CT molecular complexity index is 1560. The van der Waals surface area contributed by atoms with Crippen LogP contribution in [-0.4, -0.2) is 68.3 Å². The number of hydrogen-bond donors (Lipinski definition) is 3. The van der Waals surface area contributed by atoms with Crippen LogP contribution in [0.25, 0.3) is 44.6 Å². The predicted octanol–water partition coefficient (Wildman–Crippen LogP) is 4.65. The van der Waals surface area contributed by atoms with Gasteiger partial charge in [-0.25, -0.2) is 4.98 Å². The first-order valence-corrected chi connectivity index (χ1v) is 12.2. The molecule has 0 aliphatic carbocycles. The average Bonchev–Trinajstić information content (AvgIpc) is 3.53. The molecule has 0 amide bonds. The Hall–Kier alpha value is -4.24. The number of pyridine rings is 3. The van der Waals surface area contributed by atoms with Crippen LogP contribution in [0.2, 0.25) is 0 Å². The van der Waals surface area contributed by atoms with E-state index in [2.05, 4.69) is 66.9 Å². The lowest BCUT2D eigenvalue weighted by atomic mass is 10.1. The molecule has 0 radical (unpaired) electrons. The molecule has 6 rings (SSSR count). The zero-order chi connectivity index (χ0) is 24.6. The molecule has 9 heteroatoms. The molecule has 0 bridgehead atoms. The Kier molecular flexibility index (Phi) is 5.61. The van der Waals surface area contributed by atoms with E-state index in [1.165, 1.54) is 0 Å². The number of fused-ring (bicyclic) bond motifs is 2. The van der Waals surface area contributed by atoms with E-state index in [1.807, 2.05) is 36.8 Å². The highest BCUT2D eigenvalue weighted by atomic mass is 15.3. The van der Waals surface area contributed by atoms with Crippen LogP contribution in [0.15, 0.2) is 61.3 Å². The quantitative estimate of drug-likeness (QED) is 0.326. The van der Waals surface area contributed by atoms with E-state index < -0.39 is 0 Å². The molecule has 182 valence electrons. The highest BCUT2D eigenvalue weighted by Crippen LogP contribution is 2.33. The van der Waals surface area contributed by atoms with Crippen LogP contribution >= 0.6 is 0 Å². The Balaban J connectivity index is 1.38. The number of nitrogens with zero attached hydrogens (tertiary/aromatic N) is 6. The smallest absolute Gasteiger partial charge is 0.135 e. The van der Waals surface area contributed by atoms with Gasteiger partial charge < -0.3 is 20.1 Å².